The van der Waals surface area contributed by atoms with E-state index in [1.54, 1.807) is 0 Å². The number of nitrogens with two attached hydrogens (primary N) is 2. The standard InChI is InChI=1S/C2H8N2O.3C2H4O2.Zn/c3-1-2(4)5;3*1-2(3)4;/h2,5H,1,3-4H2;3*1H3,(H,3,4);. The summed E-state index contributed by atoms with van der Waals surface area (Å²) in [5.74, 6) is -2.50. The number of aliphatic hydroxyl groups is 1. The van der Waals surface area contributed by atoms with Crippen molar-refractivity contribution in [3.8, 4) is 0 Å². The molecule has 8 N–H and O–H groups in total. The molecule has 0 aliphatic rings. The Morgan fingerprint density at radius 1 is 0.944 bits per heavy atom. The van der Waals surface area contributed by atoms with Gasteiger partial charge in [0.25, 0.3) is 17.9 Å². The summed E-state index contributed by atoms with van der Waals surface area (Å²) >= 11 is 0. The molecule has 0 heterocycles. The van der Waals surface area contributed by atoms with Gasteiger partial charge in [-0.05, 0) is 0 Å². The van der Waals surface area contributed by atoms with E-state index in [4.69, 9.17) is 46.3 Å². The van der Waals surface area contributed by atoms with Gasteiger partial charge in [0.15, 0.2) is 0 Å². The van der Waals surface area contributed by atoms with Crippen molar-refractivity contribution in [3.05, 3.63) is 0 Å². The van der Waals surface area contributed by atoms with Crippen LogP contribution in [-0.2, 0) is 33.9 Å². The van der Waals surface area contributed by atoms with Crippen LogP contribution >= 0.6 is 0 Å². The fraction of sp³-hybridized carbons (Fsp3) is 0.625. The van der Waals surface area contributed by atoms with E-state index in [1.165, 1.54) is 0 Å². The number of carboxylic acid groups (broad SMARTS) is 3. The Bertz CT molecular complexity index is 171. The minimum atomic E-state index is -0.838. The van der Waals surface area contributed by atoms with Crippen LogP contribution in [0.5, 0.6) is 0 Å². The van der Waals surface area contributed by atoms with Gasteiger partial charge >= 0.3 is 0 Å². The minimum Gasteiger partial charge on any atom is -0.481 e. The Labute approximate surface area is 118 Å². The summed E-state index contributed by atoms with van der Waals surface area (Å²) in [6, 6.07) is 0. The fourth-order valence-corrected chi connectivity index (χ4v) is 0. The number of hydrogen-bond donors (Lipinski definition) is 6. The average molecular weight is 322 g/mol. The van der Waals surface area contributed by atoms with Crippen LogP contribution in [0.15, 0.2) is 0 Å². The van der Waals surface area contributed by atoms with Crippen molar-refractivity contribution in [2.45, 2.75) is 27.0 Å². The van der Waals surface area contributed by atoms with Gasteiger partial charge in [0.05, 0.1) is 0 Å². The second kappa shape index (κ2) is 24.9. The number of aliphatic hydroxyl groups excluding tert-OH is 1. The van der Waals surface area contributed by atoms with Gasteiger partial charge in [-0.25, -0.2) is 0 Å². The van der Waals surface area contributed by atoms with Crippen LogP contribution in [0, 0.1) is 0 Å². The van der Waals surface area contributed by atoms with Gasteiger partial charge in [0.1, 0.15) is 6.23 Å². The molecule has 0 saturated carbocycles. The van der Waals surface area contributed by atoms with E-state index in [0.717, 1.165) is 20.8 Å². The number of rotatable bonds is 1. The molecule has 0 aromatic heterocycles. The molecule has 0 saturated heterocycles. The molecule has 0 spiro atoms. The van der Waals surface area contributed by atoms with Crippen molar-refractivity contribution in [2.75, 3.05) is 6.54 Å². The van der Waals surface area contributed by atoms with Crippen molar-refractivity contribution in [2.24, 2.45) is 11.5 Å². The molecule has 106 valence electrons. The van der Waals surface area contributed by atoms with Crippen LogP contribution in [0.4, 0.5) is 0 Å². The molecule has 0 rings (SSSR count). The second-order valence-electron chi connectivity index (χ2n) is 2.36. The topological polar surface area (TPSA) is 184 Å². The first-order valence-corrected chi connectivity index (χ1v) is 4.19. The summed E-state index contributed by atoms with van der Waals surface area (Å²) in [5.41, 5.74) is 9.52. The largest absolute Gasteiger partial charge is 0.481 e. The molecule has 0 amide bonds. The Morgan fingerprint density at radius 3 is 1.00 bits per heavy atom. The van der Waals surface area contributed by atoms with Gasteiger partial charge in [-0.2, -0.15) is 0 Å². The van der Waals surface area contributed by atoms with Gasteiger partial charge in [-0.15, -0.1) is 0 Å². The third kappa shape index (κ3) is 3460. The monoisotopic (exact) mass is 320 g/mol. The Balaban J connectivity index is -0.0000000412. The van der Waals surface area contributed by atoms with Crippen molar-refractivity contribution < 1.29 is 54.3 Å². The van der Waals surface area contributed by atoms with E-state index < -0.39 is 24.1 Å². The normalized spacial score (nSPS) is 8.33. The molecule has 0 aromatic carbocycles. The fourth-order valence-electron chi connectivity index (χ4n) is 0. The zero-order chi connectivity index (χ0) is 15.0. The van der Waals surface area contributed by atoms with E-state index in [-0.39, 0.29) is 26.0 Å². The maximum absolute atomic E-state index is 9.00. The van der Waals surface area contributed by atoms with Gasteiger partial charge in [0.2, 0.25) is 0 Å². The van der Waals surface area contributed by atoms with Gasteiger partial charge in [0, 0.05) is 46.8 Å². The molecule has 0 bridgehead atoms. The molecule has 0 aromatic rings. The molecule has 0 fully saturated rings. The molecule has 1 atom stereocenters. The summed E-state index contributed by atoms with van der Waals surface area (Å²) in [7, 11) is 0. The molecule has 0 aliphatic carbocycles. The van der Waals surface area contributed by atoms with Crippen LogP contribution in [0.2, 0.25) is 0 Å². The molecule has 9 nitrogen and oxygen atoms in total. The number of aliphatic carboxylic acids is 3. The van der Waals surface area contributed by atoms with Crippen molar-refractivity contribution in [1.29, 1.82) is 0 Å². The van der Waals surface area contributed by atoms with E-state index in [2.05, 4.69) is 0 Å². The van der Waals surface area contributed by atoms with E-state index >= 15 is 0 Å². The minimum absolute atomic E-state index is 0. The van der Waals surface area contributed by atoms with Crippen molar-refractivity contribution in [3.63, 3.8) is 0 Å². The predicted octanol–water partition coefficient (Wildman–Crippen LogP) is -1.51. The Kier molecular flexibility index (Phi) is 41.8. The van der Waals surface area contributed by atoms with E-state index in [9.17, 15) is 0 Å². The van der Waals surface area contributed by atoms with Crippen LogP contribution in [0.3, 0.4) is 0 Å². The molecular weight excluding hydrogens is 301 g/mol. The van der Waals surface area contributed by atoms with Crippen molar-refractivity contribution in [1.82, 2.24) is 0 Å². The quantitative estimate of drug-likeness (QED) is 0.247. The summed E-state index contributed by atoms with van der Waals surface area (Å²) in [4.78, 5) is 27.0. The Hall–Kier alpha value is -1.09. The van der Waals surface area contributed by atoms with Crippen LogP contribution in [-0.4, -0.2) is 51.1 Å². The Morgan fingerprint density at radius 2 is 1.00 bits per heavy atom. The second-order valence-corrected chi connectivity index (χ2v) is 2.36. The maximum Gasteiger partial charge on any atom is 0.300 e. The summed E-state index contributed by atoms with van der Waals surface area (Å²) in [6.45, 7) is 3.39. The van der Waals surface area contributed by atoms with E-state index in [1.807, 2.05) is 0 Å². The van der Waals surface area contributed by atoms with Gasteiger partial charge in [-0.1, -0.05) is 0 Å². The maximum atomic E-state index is 9.00. The summed E-state index contributed by atoms with van der Waals surface area (Å²) in [6.07, 6.45) is -0.838. The zero-order valence-corrected chi connectivity index (χ0v) is 13.6. The molecule has 1 unspecified atom stereocenters. The zero-order valence-electron chi connectivity index (χ0n) is 10.7. The molecule has 0 aliphatic heterocycles. The number of carboxylic acids is 3. The SMILES string of the molecule is CC(=O)O.CC(=O)O.CC(=O)O.NCC(N)O.[Zn]. The first-order valence-electron chi connectivity index (χ1n) is 4.19. The molecular formula is C8H20N2O7Zn. The first-order chi connectivity index (χ1) is 7.47. The van der Waals surface area contributed by atoms with Crippen molar-refractivity contribution >= 4 is 17.9 Å². The smallest absolute Gasteiger partial charge is 0.300 e. The number of hydrogen-bond acceptors (Lipinski definition) is 6. The summed E-state index contributed by atoms with van der Waals surface area (Å²) in [5, 5.41) is 30.3. The average Bonchev–Trinajstić information content (AvgIpc) is 2.00. The molecule has 0 radical (unpaired) electrons. The van der Waals surface area contributed by atoms with Crippen LogP contribution in [0.1, 0.15) is 20.8 Å². The van der Waals surface area contributed by atoms with Gasteiger partial charge < -0.3 is 31.9 Å². The molecule has 18 heavy (non-hydrogen) atoms. The first kappa shape index (κ1) is 30.2. The summed E-state index contributed by atoms with van der Waals surface area (Å²) < 4.78 is 0. The number of carbonyl (C=O) groups is 3. The third-order valence-corrected chi connectivity index (χ3v) is 0.241. The molecule has 10 heteroatoms. The van der Waals surface area contributed by atoms with Crippen LogP contribution < -0.4 is 11.5 Å². The van der Waals surface area contributed by atoms with E-state index in [0.29, 0.717) is 0 Å². The van der Waals surface area contributed by atoms with Gasteiger partial charge in [-0.3, -0.25) is 14.4 Å². The van der Waals surface area contributed by atoms with Crippen LogP contribution in [0.25, 0.3) is 0 Å². The predicted molar refractivity (Wildman–Crippen MR) is 59.2 cm³/mol. The third-order valence-electron chi connectivity index (χ3n) is 0.241.